The fourth-order valence-electron chi connectivity index (χ4n) is 3.16. The highest BCUT2D eigenvalue weighted by molar-refractivity contribution is 5.75. The molecular formula is C21H29N3O3. The van der Waals surface area contributed by atoms with E-state index in [4.69, 9.17) is 9.15 Å². The number of oxazole rings is 1. The summed E-state index contributed by atoms with van der Waals surface area (Å²) in [4.78, 5) is 18.9. The number of amides is 1. The molecule has 0 spiro atoms. The summed E-state index contributed by atoms with van der Waals surface area (Å²) in [6.07, 6.45) is 2.03. The average Bonchev–Trinajstić information content (AvgIpc) is 3.04. The number of rotatable bonds is 8. The molecule has 0 atom stereocenters. The van der Waals surface area contributed by atoms with Crippen molar-refractivity contribution in [1.82, 2.24) is 15.2 Å². The molecule has 0 saturated carbocycles. The van der Waals surface area contributed by atoms with Gasteiger partial charge >= 0.3 is 0 Å². The largest absolute Gasteiger partial charge is 0.441 e. The van der Waals surface area contributed by atoms with E-state index in [1.165, 1.54) is 5.56 Å². The van der Waals surface area contributed by atoms with Crippen LogP contribution < -0.4 is 5.32 Å². The van der Waals surface area contributed by atoms with Gasteiger partial charge in [0.05, 0.1) is 18.9 Å². The van der Waals surface area contributed by atoms with Crippen LogP contribution in [0.3, 0.4) is 0 Å². The summed E-state index contributed by atoms with van der Waals surface area (Å²) < 4.78 is 11.1. The Labute approximate surface area is 160 Å². The Balaban J connectivity index is 1.39. The highest BCUT2D eigenvalue weighted by Gasteiger charge is 2.13. The third kappa shape index (κ3) is 5.91. The van der Waals surface area contributed by atoms with E-state index >= 15 is 0 Å². The maximum Gasteiger partial charge on any atom is 0.226 e. The van der Waals surface area contributed by atoms with Gasteiger partial charge in [0.1, 0.15) is 5.76 Å². The highest BCUT2D eigenvalue weighted by Crippen LogP contribution is 2.23. The maximum absolute atomic E-state index is 12.0. The van der Waals surface area contributed by atoms with Crippen LogP contribution in [0.25, 0.3) is 11.5 Å². The molecule has 1 N–H and O–H groups in total. The Bertz CT molecular complexity index is 734. The molecule has 1 aliphatic rings. The Morgan fingerprint density at radius 1 is 1.19 bits per heavy atom. The smallest absolute Gasteiger partial charge is 0.226 e. The number of hydrogen-bond donors (Lipinski definition) is 1. The quantitative estimate of drug-likeness (QED) is 0.773. The second-order valence-corrected chi connectivity index (χ2v) is 7.05. The molecule has 6 nitrogen and oxygen atoms in total. The molecule has 0 bridgehead atoms. The van der Waals surface area contributed by atoms with E-state index in [0.29, 0.717) is 18.9 Å². The van der Waals surface area contributed by atoms with Crippen molar-refractivity contribution in [2.45, 2.75) is 33.1 Å². The van der Waals surface area contributed by atoms with Gasteiger partial charge < -0.3 is 14.5 Å². The Morgan fingerprint density at radius 3 is 2.67 bits per heavy atom. The van der Waals surface area contributed by atoms with Crippen LogP contribution in [0, 0.1) is 13.8 Å². The Kier molecular flexibility index (Phi) is 7.01. The number of aromatic nitrogens is 1. The number of nitrogens with zero attached hydrogens (tertiary/aromatic N) is 2. The average molecular weight is 371 g/mol. The molecule has 2 heterocycles. The lowest BCUT2D eigenvalue weighted by atomic mass is 10.1. The zero-order valence-corrected chi connectivity index (χ0v) is 16.3. The molecule has 1 aromatic carbocycles. The van der Waals surface area contributed by atoms with Crippen molar-refractivity contribution in [2.75, 3.05) is 39.4 Å². The second-order valence-electron chi connectivity index (χ2n) is 7.05. The van der Waals surface area contributed by atoms with Crippen molar-refractivity contribution < 1.29 is 13.9 Å². The molecule has 1 fully saturated rings. The van der Waals surface area contributed by atoms with Gasteiger partial charge in [-0.3, -0.25) is 9.69 Å². The van der Waals surface area contributed by atoms with Crippen molar-refractivity contribution in [2.24, 2.45) is 0 Å². The normalized spacial score (nSPS) is 15.0. The first kappa shape index (κ1) is 19.6. The van der Waals surface area contributed by atoms with Gasteiger partial charge in [0, 0.05) is 38.2 Å². The first-order valence-corrected chi connectivity index (χ1v) is 9.72. The molecule has 0 aliphatic carbocycles. The van der Waals surface area contributed by atoms with Gasteiger partial charge in [-0.05, 0) is 38.8 Å². The van der Waals surface area contributed by atoms with Gasteiger partial charge in [-0.15, -0.1) is 0 Å². The first-order chi connectivity index (χ1) is 13.1. The predicted molar refractivity (Wildman–Crippen MR) is 105 cm³/mol. The number of benzene rings is 1. The number of carbonyl (C=O) groups is 1. The minimum atomic E-state index is 0.100. The number of morpholine rings is 1. The van der Waals surface area contributed by atoms with Gasteiger partial charge in [-0.25, -0.2) is 4.98 Å². The molecule has 146 valence electrons. The minimum absolute atomic E-state index is 0.100. The van der Waals surface area contributed by atoms with Crippen molar-refractivity contribution in [1.29, 1.82) is 0 Å². The van der Waals surface area contributed by atoms with E-state index in [9.17, 15) is 4.79 Å². The molecule has 6 heteroatoms. The molecule has 1 aliphatic heterocycles. The lowest BCUT2D eigenvalue weighted by Crippen LogP contribution is -2.41. The Hall–Kier alpha value is -2.18. The van der Waals surface area contributed by atoms with Gasteiger partial charge in [0.2, 0.25) is 11.8 Å². The van der Waals surface area contributed by atoms with E-state index in [2.05, 4.69) is 34.3 Å². The van der Waals surface area contributed by atoms with Crippen LogP contribution >= 0.6 is 0 Å². The van der Waals surface area contributed by atoms with Crippen LogP contribution in [0.15, 0.2) is 28.7 Å². The number of aryl methyl sites for hydroxylation is 3. The van der Waals surface area contributed by atoms with Crippen LogP contribution in [-0.2, 0) is 16.0 Å². The molecule has 27 heavy (non-hydrogen) atoms. The molecule has 1 saturated heterocycles. The van der Waals surface area contributed by atoms with E-state index in [1.54, 1.807) is 0 Å². The van der Waals surface area contributed by atoms with Gasteiger partial charge in [0.25, 0.3) is 0 Å². The van der Waals surface area contributed by atoms with Crippen LogP contribution in [0.5, 0.6) is 0 Å². The van der Waals surface area contributed by atoms with Gasteiger partial charge in [-0.1, -0.05) is 17.7 Å². The van der Waals surface area contributed by atoms with Crippen molar-refractivity contribution in [3.05, 3.63) is 41.3 Å². The molecule has 0 radical (unpaired) electrons. The molecule has 1 amide bonds. The zero-order valence-electron chi connectivity index (χ0n) is 16.3. The van der Waals surface area contributed by atoms with E-state index < -0.39 is 0 Å². The monoisotopic (exact) mass is 371 g/mol. The molecular weight excluding hydrogens is 342 g/mol. The predicted octanol–water partition coefficient (Wildman–Crippen LogP) is 2.73. The summed E-state index contributed by atoms with van der Waals surface area (Å²) in [5, 5.41) is 3.00. The lowest BCUT2D eigenvalue weighted by Gasteiger charge is -2.26. The van der Waals surface area contributed by atoms with Crippen LogP contribution in [0.4, 0.5) is 0 Å². The summed E-state index contributed by atoms with van der Waals surface area (Å²) in [7, 11) is 0. The van der Waals surface area contributed by atoms with Crippen molar-refractivity contribution >= 4 is 5.91 Å². The third-order valence-electron chi connectivity index (χ3n) is 4.86. The molecule has 2 aromatic rings. The summed E-state index contributed by atoms with van der Waals surface area (Å²) in [6.45, 7) is 9.04. The summed E-state index contributed by atoms with van der Waals surface area (Å²) >= 11 is 0. The van der Waals surface area contributed by atoms with Gasteiger partial charge in [0.15, 0.2) is 0 Å². The minimum Gasteiger partial charge on any atom is -0.441 e. The highest BCUT2D eigenvalue weighted by atomic mass is 16.5. The Morgan fingerprint density at radius 2 is 1.93 bits per heavy atom. The molecule has 3 rings (SSSR count). The first-order valence-electron chi connectivity index (χ1n) is 9.72. The van der Waals surface area contributed by atoms with E-state index in [1.807, 2.05) is 19.1 Å². The van der Waals surface area contributed by atoms with Crippen LogP contribution in [-0.4, -0.2) is 55.2 Å². The third-order valence-corrected chi connectivity index (χ3v) is 4.86. The van der Waals surface area contributed by atoms with E-state index in [0.717, 1.165) is 62.7 Å². The number of nitrogens with one attached hydrogen (secondary N) is 1. The molecule has 0 unspecified atom stereocenters. The van der Waals surface area contributed by atoms with Crippen molar-refractivity contribution in [3.63, 3.8) is 0 Å². The van der Waals surface area contributed by atoms with E-state index in [-0.39, 0.29) is 5.91 Å². The number of ether oxygens (including phenoxy) is 1. The topological polar surface area (TPSA) is 67.6 Å². The standard InChI is InChI=1S/C21H29N3O3/c1-16-6-8-18(9-7-16)21-23-19(17(2)27-21)4-3-5-20(25)22-10-11-24-12-14-26-15-13-24/h6-9H,3-5,10-15H2,1-2H3,(H,22,25). The lowest BCUT2D eigenvalue weighted by molar-refractivity contribution is -0.121. The fourth-order valence-corrected chi connectivity index (χ4v) is 3.16. The number of hydrogen-bond acceptors (Lipinski definition) is 5. The SMILES string of the molecule is Cc1ccc(-c2nc(CCCC(=O)NCCN3CCOCC3)c(C)o2)cc1. The zero-order chi connectivity index (χ0) is 19.1. The second kappa shape index (κ2) is 9.67. The summed E-state index contributed by atoms with van der Waals surface area (Å²) in [5.41, 5.74) is 3.13. The summed E-state index contributed by atoms with van der Waals surface area (Å²) in [6, 6.07) is 8.14. The van der Waals surface area contributed by atoms with Crippen LogP contribution in [0.1, 0.15) is 29.9 Å². The fraction of sp³-hybridized carbons (Fsp3) is 0.524. The van der Waals surface area contributed by atoms with Gasteiger partial charge in [-0.2, -0.15) is 0 Å². The molecule has 1 aromatic heterocycles. The summed E-state index contributed by atoms with van der Waals surface area (Å²) in [5.74, 6) is 1.58. The van der Waals surface area contributed by atoms with Crippen molar-refractivity contribution in [3.8, 4) is 11.5 Å². The maximum atomic E-state index is 12.0. The van der Waals surface area contributed by atoms with Crippen LogP contribution in [0.2, 0.25) is 0 Å². The number of carbonyl (C=O) groups excluding carboxylic acids is 1.